The van der Waals surface area contributed by atoms with E-state index in [0.29, 0.717) is 19.0 Å². The fraction of sp³-hybridized carbons (Fsp3) is 0.368. The summed E-state index contributed by atoms with van der Waals surface area (Å²) in [4.78, 5) is 2.26. The highest BCUT2D eigenvalue weighted by molar-refractivity contribution is 7.89. The number of benzene rings is 2. The molecule has 0 bridgehead atoms. The first-order valence-electron chi connectivity index (χ1n) is 8.67. The van der Waals surface area contributed by atoms with Crippen molar-refractivity contribution in [1.29, 1.82) is 0 Å². The lowest BCUT2D eigenvalue weighted by Crippen LogP contribution is -2.37. The quantitative estimate of drug-likeness (QED) is 0.777. The monoisotopic (exact) mass is 392 g/mol. The smallest absolute Gasteiger partial charge is 0.244 e. The van der Waals surface area contributed by atoms with Crippen LogP contribution in [0.15, 0.2) is 47.4 Å². The van der Waals surface area contributed by atoms with Crippen LogP contribution in [-0.2, 0) is 21.3 Å². The van der Waals surface area contributed by atoms with Gasteiger partial charge < -0.3 is 19.1 Å². The van der Waals surface area contributed by atoms with E-state index < -0.39 is 10.0 Å². The number of morpholine rings is 1. The number of para-hydroxylation sites is 1. The Morgan fingerprint density at radius 3 is 2.52 bits per heavy atom. The number of hydrogen-bond donors (Lipinski definition) is 1. The van der Waals surface area contributed by atoms with Gasteiger partial charge in [0.05, 0.1) is 27.4 Å². The van der Waals surface area contributed by atoms with Crippen molar-refractivity contribution in [3.05, 3.63) is 48.0 Å². The zero-order chi connectivity index (χ0) is 19.3. The van der Waals surface area contributed by atoms with E-state index in [-0.39, 0.29) is 17.2 Å². The van der Waals surface area contributed by atoms with Gasteiger partial charge >= 0.3 is 0 Å². The minimum atomic E-state index is -3.78. The van der Waals surface area contributed by atoms with Crippen LogP contribution in [0.4, 0.5) is 5.69 Å². The largest absolute Gasteiger partial charge is 0.497 e. The average molecular weight is 392 g/mol. The highest BCUT2D eigenvalue weighted by Crippen LogP contribution is 2.29. The Balaban J connectivity index is 1.82. The van der Waals surface area contributed by atoms with Crippen LogP contribution < -0.4 is 19.1 Å². The minimum absolute atomic E-state index is 0.0493. The molecule has 2 aromatic carbocycles. The molecular formula is C19H24N2O5S. The molecule has 0 spiro atoms. The predicted octanol–water partition coefficient (Wildman–Crippen LogP) is 2.02. The van der Waals surface area contributed by atoms with Crippen LogP contribution in [0.2, 0.25) is 0 Å². The Hall–Kier alpha value is -2.29. The first kappa shape index (κ1) is 19.5. The molecule has 146 valence electrons. The number of ether oxygens (including phenoxy) is 3. The second-order valence-corrected chi connectivity index (χ2v) is 7.80. The summed E-state index contributed by atoms with van der Waals surface area (Å²) in [5.41, 5.74) is 1.92. The van der Waals surface area contributed by atoms with Gasteiger partial charge in [-0.15, -0.1) is 0 Å². The Morgan fingerprint density at radius 1 is 1.07 bits per heavy atom. The van der Waals surface area contributed by atoms with Gasteiger partial charge in [-0.2, -0.15) is 0 Å². The Bertz CT molecular complexity index is 879. The molecule has 2 aromatic rings. The van der Waals surface area contributed by atoms with E-state index in [4.69, 9.17) is 14.2 Å². The van der Waals surface area contributed by atoms with Crippen molar-refractivity contribution in [2.75, 3.05) is 45.4 Å². The summed E-state index contributed by atoms with van der Waals surface area (Å²) in [5.74, 6) is 0.717. The van der Waals surface area contributed by atoms with Crippen molar-refractivity contribution >= 4 is 15.7 Å². The van der Waals surface area contributed by atoms with E-state index in [1.807, 2.05) is 24.3 Å². The van der Waals surface area contributed by atoms with Crippen molar-refractivity contribution in [2.45, 2.75) is 11.4 Å². The molecule has 0 amide bonds. The third kappa shape index (κ3) is 4.52. The molecule has 1 heterocycles. The second kappa shape index (κ2) is 8.60. The molecule has 0 aliphatic carbocycles. The SMILES string of the molecule is COc1ccc(OC)c(S(=O)(=O)NCc2ccccc2N2CCOCC2)c1. The number of rotatable bonds is 7. The lowest BCUT2D eigenvalue weighted by molar-refractivity contribution is 0.122. The van der Waals surface area contributed by atoms with E-state index in [1.54, 1.807) is 12.1 Å². The molecule has 1 saturated heterocycles. The van der Waals surface area contributed by atoms with Crippen molar-refractivity contribution in [1.82, 2.24) is 4.72 Å². The van der Waals surface area contributed by atoms with Crippen molar-refractivity contribution in [3.8, 4) is 11.5 Å². The third-order valence-corrected chi connectivity index (χ3v) is 5.88. The molecule has 7 nitrogen and oxygen atoms in total. The van der Waals surface area contributed by atoms with Crippen molar-refractivity contribution in [3.63, 3.8) is 0 Å². The zero-order valence-corrected chi connectivity index (χ0v) is 16.3. The summed E-state index contributed by atoms with van der Waals surface area (Å²) in [6, 6.07) is 12.5. The summed E-state index contributed by atoms with van der Waals surface area (Å²) in [6.07, 6.45) is 0. The summed E-state index contributed by atoms with van der Waals surface area (Å²) in [7, 11) is -0.850. The lowest BCUT2D eigenvalue weighted by Gasteiger charge is -2.30. The summed E-state index contributed by atoms with van der Waals surface area (Å²) in [5, 5.41) is 0. The fourth-order valence-corrected chi connectivity index (χ4v) is 4.21. The maximum absolute atomic E-state index is 12.9. The highest BCUT2D eigenvalue weighted by Gasteiger charge is 2.22. The van der Waals surface area contributed by atoms with Crippen LogP contribution in [0.3, 0.4) is 0 Å². The Kier molecular flexibility index (Phi) is 6.20. The number of sulfonamides is 1. The highest BCUT2D eigenvalue weighted by atomic mass is 32.2. The standard InChI is InChI=1S/C19H24N2O5S/c1-24-16-7-8-18(25-2)19(13-16)27(22,23)20-14-15-5-3-4-6-17(15)21-9-11-26-12-10-21/h3-8,13,20H,9-12,14H2,1-2H3. The molecule has 1 N–H and O–H groups in total. The molecule has 0 atom stereocenters. The first-order chi connectivity index (χ1) is 13.0. The van der Waals surface area contributed by atoms with E-state index in [0.717, 1.165) is 24.3 Å². The van der Waals surface area contributed by atoms with Crippen molar-refractivity contribution in [2.24, 2.45) is 0 Å². The van der Waals surface area contributed by atoms with Crippen LogP contribution in [0.5, 0.6) is 11.5 Å². The minimum Gasteiger partial charge on any atom is -0.497 e. The van der Waals surface area contributed by atoms with Crippen LogP contribution in [-0.4, -0.2) is 48.9 Å². The number of methoxy groups -OCH3 is 2. The van der Waals surface area contributed by atoms with Gasteiger partial charge in [0.25, 0.3) is 0 Å². The maximum atomic E-state index is 12.9. The molecule has 3 rings (SSSR count). The summed E-state index contributed by atoms with van der Waals surface area (Å²) < 4.78 is 44.1. The van der Waals surface area contributed by atoms with Gasteiger partial charge in [0.1, 0.15) is 16.4 Å². The van der Waals surface area contributed by atoms with E-state index in [1.165, 1.54) is 20.3 Å². The number of nitrogens with one attached hydrogen (secondary N) is 1. The lowest BCUT2D eigenvalue weighted by atomic mass is 10.1. The molecule has 27 heavy (non-hydrogen) atoms. The molecule has 0 aromatic heterocycles. The van der Waals surface area contributed by atoms with Crippen LogP contribution in [0.25, 0.3) is 0 Å². The molecule has 0 unspecified atom stereocenters. The molecule has 1 aliphatic rings. The van der Waals surface area contributed by atoms with Crippen molar-refractivity contribution < 1.29 is 22.6 Å². The summed E-state index contributed by atoms with van der Waals surface area (Å²) in [6.45, 7) is 3.08. The third-order valence-electron chi connectivity index (χ3n) is 4.46. The molecule has 1 aliphatic heterocycles. The number of nitrogens with zero attached hydrogens (tertiary/aromatic N) is 1. The first-order valence-corrected chi connectivity index (χ1v) is 10.2. The van der Waals surface area contributed by atoms with E-state index >= 15 is 0 Å². The number of anilines is 1. The Labute approximate surface area is 159 Å². The molecule has 0 saturated carbocycles. The molecule has 0 radical (unpaired) electrons. The zero-order valence-electron chi connectivity index (χ0n) is 15.5. The van der Waals surface area contributed by atoms with Gasteiger partial charge in [0.15, 0.2) is 0 Å². The van der Waals surface area contributed by atoms with Gasteiger partial charge in [-0.25, -0.2) is 13.1 Å². The van der Waals surface area contributed by atoms with Crippen LogP contribution >= 0.6 is 0 Å². The maximum Gasteiger partial charge on any atom is 0.244 e. The fourth-order valence-electron chi connectivity index (χ4n) is 3.02. The molecule has 1 fully saturated rings. The van der Waals surface area contributed by atoms with Crippen LogP contribution in [0, 0.1) is 0 Å². The van der Waals surface area contributed by atoms with Gasteiger partial charge in [0, 0.05) is 31.4 Å². The van der Waals surface area contributed by atoms with E-state index in [2.05, 4.69) is 9.62 Å². The van der Waals surface area contributed by atoms with Crippen LogP contribution in [0.1, 0.15) is 5.56 Å². The summed E-state index contributed by atoms with van der Waals surface area (Å²) >= 11 is 0. The number of hydrogen-bond acceptors (Lipinski definition) is 6. The predicted molar refractivity (Wildman–Crippen MR) is 103 cm³/mol. The van der Waals surface area contributed by atoms with Gasteiger partial charge in [-0.05, 0) is 23.8 Å². The van der Waals surface area contributed by atoms with Gasteiger partial charge in [0.2, 0.25) is 10.0 Å². The second-order valence-electron chi connectivity index (χ2n) is 6.07. The molecule has 8 heteroatoms. The van der Waals surface area contributed by atoms with Gasteiger partial charge in [-0.3, -0.25) is 0 Å². The van der Waals surface area contributed by atoms with E-state index in [9.17, 15) is 8.42 Å². The topological polar surface area (TPSA) is 77.1 Å². The average Bonchev–Trinajstić information content (AvgIpc) is 2.72. The normalized spacial score (nSPS) is 14.8. The Morgan fingerprint density at radius 2 is 1.81 bits per heavy atom. The van der Waals surface area contributed by atoms with Gasteiger partial charge in [-0.1, -0.05) is 18.2 Å². The molecular weight excluding hydrogens is 368 g/mol.